The fourth-order valence-corrected chi connectivity index (χ4v) is 3.30. The second kappa shape index (κ2) is 8.35. The standard InChI is InChI=1S/C16H16F3N3O4S/c17-16(18,19)12-7-8-14(15(11-12)22(23)24)20-9-4-10-21-27(25,26)13-5-2-1-3-6-13/h1-3,5-8,11,20-21H,4,9-10H2. The molecule has 0 aliphatic rings. The van der Waals surface area contributed by atoms with Crippen LogP contribution in [0.15, 0.2) is 53.4 Å². The summed E-state index contributed by atoms with van der Waals surface area (Å²) >= 11 is 0. The molecule has 0 saturated carbocycles. The Morgan fingerprint density at radius 2 is 1.70 bits per heavy atom. The molecule has 0 saturated heterocycles. The number of nitrogens with one attached hydrogen (secondary N) is 2. The molecule has 0 bridgehead atoms. The highest BCUT2D eigenvalue weighted by molar-refractivity contribution is 7.89. The number of hydrogen-bond acceptors (Lipinski definition) is 5. The molecule has 0 aliphatic heterocycles. The molecular formula is C16H16F3N3O4S. The van der Waals surface area contributed by atoms with Gasteiger partial charge in [-0.25, -0.2) is 13.1 Å². The van der Waals surface area contributed by atoms with E-state index in [0.29, 0.717) is 6.07 Å². The highest BCUT2D eigenvalue weighted by atomic mass is 32.2. The van der Waals surface area contributed by atoms with Crippen molar-refractivity contribution in [3.63, 3.8) is 0 Å². The number of nitrogens with zero attached hydrogens (tertiary/aromatic N) is 1. The molecule has 7 nitrogen and oxygen atoms in total. The van der Waals surface area contributed by atoms with E-state index in [1.165, 1.54) is 12.1 Å². The van der Waals surface area contributed by atoms with Crippen LogP contribution in [0.3, 0.4) is 0 Å². The van der Waals surface area contributed by atoms with Crippen LogP contribution in [0.1, 0.15) is 12.0 Å². The van der Waals surface area contributed by atoms with E-state index in [0.717, 1.165) is 12.1 Å². The third-order valence-corrected chi connectivity index (χ3v) is 5.01. The van der Waals surface area contributed by atoms with Crippen molar-refractivity contribution in [3.05, 3.63) is 64.2 Å². The molecule has 2 aromatic rings. The molecule has 0 unspecified atom stereocenters. The smallest absolute Gasteiger partial charge is 0.379 e. The summed E-state index contributed by atoms with van der Waals surface area (Å²) in [5.74, 6) is 0. The number of nitro benzene ring substituents is 1. The average molecular weight is 403 g/mol. The summed E-state index contributed by atoms with van der Waals surface area (Å²) in [5.41, 5.74) is -1.89. The lowest BCUT2D eigenvalue weighted by Gasteiger charge is -2.11. The summed E-state index contributed by atoms with van der Waals surface area (Å²) in [6.07, 6.45) is -4.41. The van der Waals surface area contributed by atoms with Crippen molar-refractivity contribution in [2.75, 3.05) is 18.4 Å². The number of hydrogen-bond donors (Lipinski definition) is 2. The lowest BCUT2D eigenvalue weighted by Crippen LogP contribution is -2.26. The van der Waals surface area contributed by atoms with Crippen LogP contribution < -0.4 is 10.0 Å². The number of nitro groups is 1. The molecule has 0 radical (unpaired) electrons. The van der Waals surface area contributed by atoms with E-state index >= 15 is 0 Å². The van der Waals surface area contributed by atoms with Crippen molar-refractivity contribution in [2.45, 2.75) is 17.5 Å². The molecule has 146 valence electrons. The number of sulfonamides is 1. The van der Waals surface area contributed by atoms with Crippen molar-refractivity contribution in [1.29, 1.82) is 0 Å². The molecule has 2 rings (SSSR count). The van der Waals surface area contributed by atoms with E-state index in [-0.39, 0.29) is 30.1 Å². The molecule has 0 atom stereocenters. The first-order chi connectivity index (χ1) is 12.6. The minimum atomic E-state index is -4.68. The Morgan fingerprint density at radius 1 is 1.04 bits per heavy atom. The Kier molecular flexibility index (Phi) is 6.39. The van der Waals surface area contributed by atoms with Crippen molar-refractivity contribution in [2.24, 2.45) is 0 Å². The first kappa shape index (κ1) is 20.6. The predicted molar refractivity (Wildman–Crippen MR) is 92.8 cm³/mol. The quantitative estimate of drug-likeness (QED) is 0.400. The molecule has 0 aromatic heterocycles. The summed E-state index contributed by atoms with van der Waals surface area (Å²) in [6.45, 7) is 0.183. The summed E-state index contributed by atoms with van der Waals surface area (Å²) in [6, 6.07) is 9.90. The fraction of sp³-hybridized carbons (Fsp3) is 0.250. The van der Waals surface area contributed by atoms with E-state index in [1.807, 2.05) is 0 Å². The second-order valence-corrected chi connectivity index (χ2v) is 7.24. The highest BCUT2D eigenvalue weighted by Gasteiger charge is 2.33. The zero-order valence-corrected chi connectivity index (χ0v) is 14.7. The molecule has 0 aliphatic carbocycles. The molecule has 0 heterocycles. The lowest BCUT2D eigenvalue weighted by atomic mass is 10.1. The van der Waals surface area contributed by atoms with E-state index in [9.17, 15) is 31.7 Å². The third-order valence-electron chi connectivity index (χ3n) is 3.54. The lowest BCUT2D eigenvalue weighted by molar-refractivity contribution is -0.384. The number of halogens is 3. The molecule has 2 aromatic carbocycles. The van der Waals surface area contributed by atoms with Gasteiger partial charge in [-0.15, -0.1) is 0 Å². The van der Waals surface area contributed by atoms with Crippen LogP contribution in [0.2, 0.25) is 0 Å². The van der Waals surface area contributed by atoms with Crippen LogP contribution in [-0.4, -0.2) is 26.4 Å². The van der Waals surface area contributed by atoms with E-state index < -0.39 is 32.4 Å². The van der Waals surface area contributed by atoms with Gasteiger partial charge in [-0.05, 0) is 30.7 Å². The van der Waals surface area contributed by atoms with Gasteiger partial charge in [0.1, 0.15) is 5.69 Å². The largest absolute Gasteiger partial charge is 0.416 e. The molecule has 27 heavy (non-hydrogen) atoms. The monoisotopic (exact) mass is 403 g/mol. The molecule has 2 N–H and O–H groups in total. The van der Waals surface area contributed by atoms with Crippen LogP contribution in [0, 0.1) is 10.1 Å². The molecule has 11 heteroatoms. The van der Waals surface area contributed by atoms with Crippen LogP contribution in [0.5, 0.6) is 0 Å². The number of rotatable bonds is 8. The van der Waals surface area contributed by atoms with Gasteiger partial charge < -0.3 is 5.32 Å². The van der Waals surface area contributed by atoms with Gasteiger partial charge in [0.05, 0.1) is 15.4 Å². The van der Waals surface area contributed by atoms with Gasteiger partial charge in [-0.1, -0.05) is 18.2 Å². The number of benzene rings is 2. The van der Waals surface area contributed by atoms with Crippen LogP contribution in [0.25, 0.3) is 0 Å². The van der Waals surface area contributed by atoms with Gasteiger partial charge in [0.2, 0.25) is 10.0 Å². The van der Waals surface area contributed by atoms with Gasteiger partial charge in [0.25, 0.3) is 5.69 Å². The maximum atomic E-state index is 12.7. The van der Waals surface area contributed by atoms with Gasteiger partial charge in [-0.2, -0.15) is 13.2 Å². The zero-order valence-electron chi connectivity index (χ0n) is 13.9. The number of alkyl halides is 3. The van der Waals surface area contributed by atoms with E-state index in [2.05, 4.69) is 10.0 Å². The zero-order chi connectivity index (χ0) is 20.1. The first-order valence-electron chi connectivity index (χ1n) is 7.75. The Labute approximate surface area is 153 Å². The topological polar surface area (TPSA) is 101 Å². The van der Waals surface area contributed by atoms with Gasteiger partial charge >= 0.3 is 6.18 Å². The maximum absolute atomic E-state index is 12.7. The van der Waals surface area contributed by atoms with E-state index in [4.69, 9.17) is 0 Å². The van der Waals surface area contributed by atoms with Crippen LogP contribution in [0.4, 0.5) is 24.5 Å². The summed E-state index contributed by atoms with van der Waals surface area (Å²) in [4.78, 5) is 10.2. The highest BCUT2D eigenvalue weighted by Crippen LogP contribution is 2.34. The molecule has 0 spiro atoms. The predicted octanol–water partition coefficient (Wildman–Crippen LogP) is 3.39. The van der Waals surface area contributed by atoms with Crippen molar-refractivity contribution in [3.8, 4) is 0 Å². The Balaban J connectivity index is 1.93. The molecular weight excluding hydrogens is 387 g/mol. The minimum absolute atomic E-state index is 0.0542. The van der Waals surface area contributed by atoms with Crippen molar-refractivity contribution < 1.29 is 26.5 Å². The van der Waals surface area contributed by atoms with Crippen molar-refractivity contribution in [1.82, 2.24) is 4.72 Å². The Morgan fingerprint density at radius 3 is 2.30 bits per heavy atom. The van der Waals surface area contributed by atoms with E-state index in [1.54, 1.807) is 18.2 Å². The number of anilines is 1. The van der Waals surface area contributed by atoms with Gasteiger partial charge in [-0.3, -0.25) is 10.1 Å². The minimum Gasteiger partial charge on any atom is -0.379 e. The summed E-state index contributed by atoms with van der Waals surface area (Å²) < 4.78 is 64.4. The Bertz CT molecular complexity index is 903. The Hall–Kier alpha value is -2.66. The third kappa shape index (κ3) is 5.66. The maximum Gasteiger partial charge on any atom is 0.416 e. The fourth-order valence-electron chi connectivity index (χ4n) is 2.21. The van der Waals surface area contributed by atoms with Gasteiger partial charge in [0, 0.05) is 19.2 Å². The SMILES string of the molecule is O=[N+]([O-])c1cc(C(F)(F)F)ccc1NCCCNS(=O)(=O)c1ccccc1. The first-order valence-corrected chi connectivity index (χ1v) is 9.24. The van der Waals surface area contributed by atoms with Gasteiger partial charge in [0.15, 0.2) is 0 Å². The molecule has 0 amide bonds. The van der Waals surface area contributed by atoms with Crippen molar-refractivity contribution >= 4 is 21.4 Å². The normalized spacial score (nSPS) is 12.0. The second-order valence-electron chi connectivity index (χ2n) is 5.48. The summed E-state index contributed by atoms with van der Waals surface area (Å²) in [5, 5.41) is 13.6. The van der Waals surface area contributed by atoms with Crippen LogP contribution >= 0.6 is 0 Å². The molecule has 0 fully saturated rings. The summed E-state index contributed by atoms with van der Waals surface area (Å²) in [7, 11) is -3.66. The van der Waals surface area contributed by atoms with Crippen LogP contribution in [-0.2, 0) is 16.2 Å². The average Bonchev–Trinajstić information content (AvgIpc) is 2.61.